The van der Waals surface area contributed by atoms with Crippen LogP contribution < -0.4 is 15.4 Å². The summed E-state index contributed by atoms with van der Waals surface area (Å²) in [6, 6.07) is 22.7. The van der Waals surface area contributed by atoms with Gasteiger partial charge in [-0.3, -0.25) is 4.79 Å². The van der Waals surface area contributed by atoms with Crippen LogP contribution in [-0.4, -0.2) is 32.5 Å². The number of anilines is 1. The fourth-order valence-corrected chi connectivity index (χ4v) is 7.17. The largest absolute Gasteiger partial charge is 0.380 e. The van der Waals surface area contributed by atoms with E-state index in [4.69, 9.17) is 0 Å². The van der Waals surface area contributed by atoms with Crippen LogP contribution in [0.15, 0.2) is 77.7 Å². The highest BCUT2D eigenvalue weighted by molar-refractivity contribution is 7.89. The standard InChI is InChI=1S/C31H37N3O3S/c1-5-22-11-14-25(15-12-22)38(36,37)34-28-18-31(28)20-30(3,4)33-27-16-13-24(17-26(27)31)29(35)32-19-21(2)23-9-7-6-8-10-23/h6-17,21,28,33-34H,5,18-20H2,1-4H3,(H,32,35)/t21-,28?,31?/m1/s1. The highest BCUT2D eigenvalue weighted by Crippen LogP contribution is 2.59. The predicted molar refractivity (Wildman–Crippen MR) is 152 cm³/mol. The Kier molecular flexibility index (Phi) is 6.86. The van der Waals surface area contributed by atoms with Crippen molar-refractivity contribution in [3.63, 3.8) is 0 Å². The van der Waals surface area contributed by atoms with Gasteiger partial charge < -0.3 is 10.6 Å². The van der Waals surface area contributed by atoms with E-state index in [1.165, 1.54) is 5.56 Å². The zero-order valence-corrected chi connectivity index (χ0v) is 23.4. The number of nitrogens with one attached hydrogen (secondary N) is 3. The normalized spacial score (nSPS) is 22.3. The number of hydrogen-bond acceptors (Lipinski definition) is 4. The molecule has 1 spiro atoms. The van der Waals surface area contributed by atoms with Crippen molar-refractivity contribution in [1.29, 1.82) is 0 Å². The minimum Gasteiger partial charge on any atom is -0.380 e. The van der Waals surface area contributed by atoms with Crippen LogP contribution in [0, 0.1) is 0 Å². The van der Waals surface area contributed by atoms with E-state index < -0.39 is 10.0 Å². The Hall–Kier alpha value is -3.16. The summed E-state index contributed by atoms with van der Waals surface area (Å²) in [6.07, 6.45) is 2.33. The van der Waals surface area contributed by atoms with Crippen LogP contribution in [0.4, 0.5) is 5.69 Å². The molecule has 3 atom stereocenters. The third kappa shape index (κ3) is 5.22. The second-order valence-electron chi connectivity index (χ2n) is 11.5. The van der Waals surface area contributed by atoms with E-state index in [-0.39, 0.29) is 33.7 Å². The summed E-state index contributed by atoms with van der Waals surface area (Å²) in [5, 5.41) is 6.67. The molecular formula is C31H37N3O3S. The van der Waals surface area contributed by atoms with Crippen molar-refractivity contribution in [2.75, 3.05) is 11.9 Å². The molecule has 0 radical (unpaired) electrons. The van der Waals surface area contributed by atoms with Crippen molar-refractivity contribution in [3.05, 3.63) is 95.1 Å². The monoisotopic (exact) mass is 531 g/mol. The Labute approximate surface area is 226 Å². The van der Waals surface area contributed by atoms with E-state index in [0.29, 0.717) is 18.5 Å². The Morgan fingerprint density at radius 3 is 2.45 bits per heavy atom. The Morgan fingerprint density at radius 2 is 1.76 bits per heavy atom. The van der Waals surface area contributed by atoms with Gasteiger partial charge in [-0.1, -0.05) is 56.3 Å². The van der Waals surface area contributed by atoms with Crippen molar-refractivity contribution in [2.24, 2.45) is 0 Å². The highest BCUT2D eigenvalue weighted by atomic mass is 32.2. The fraction of sp³-hybridized carbons (Fsp3) is 0.387. The molecule has 0 aromatic heterocycles. The third-order valence-electron chi connectivity index (χ3n) is 8.00. The van der Waals surface area contributed by atoms with Crippen LogP contribution in [0.5, 0.6) is 0 Å². The second-order valence-corrected chi connectivity index (χ2v) is 13.2. The first-order chi connectivity index (χ1) is 18.0. The van der Waals surface area contributed by atoms with Crippen molar-refractivity contribution in [1.82, 2.24) is 10.0 Å². The molecular weight excluding hydrogens is 494 g/mol. The van der Waals surface area contributed by atoms with Gasteiger partial charge in [0.25, 0.3) is 5.91 Å². The van der Waals surface area contributed by atoms with Crippen molar-refractivity contribution >= 4 is 21.6 Å². The van der Waals surface area contributed by atoms with E-state index >= 15 is 0 Å². The lowest BCUT2D eigenvalue weighted by Crippen LogP contribution is -2.44. The summed E-state index contributed by atoms with van der Waals surface area (Å²) < 4.78 is 29.4. The molecule has 3 N–H and O–H groups in total. The van der Waals surface area contributed by atoms with Gasteiger partial charge in [-0.2, -0.15) is 0 Å². The van der Waals surface area contributed by atoms with Crippen LogP contribution >= 0.6 is 0 Å². The second kappa shape index (κ2) is 9.86. The molecule has 1 fully saturated rings. The zero-order chi connectivity index (χ0) is 27.1. The lowest BCUT2D eigenvalue weighted by Gasteiger charge is -2.40. The summed E-state index contributed by atoms with van der Waals surface area (Å²) >= 11 is 0. The molecule has 0 bridgehead atoms. The average molecular weight is 532 g/mol. The van der Waals surface area contributed by atoms with Crippen LogP contribution in [0.25, 0.3) is 0 Å². The van der Waals surface area contributed by atoms with Crippen molar-refractivity contribution in [3.8, 4) is 0 Å². The molecule has 6 nitrogen and oxygen atoms in total. The summed E-state index contributed by atoms with van der Waals surface area (Å²) in [5.74, 6) is 0.0737. The van der Waals surface area contributed by atoms with Crippen LogP contribution in [0.3, 0.4) is 0 Å². The van der Waals surface area contributed by atoms with Crippen LogP contribution in [0.1, 0.15) is 73.5 Å². The van der Waals surface area contributed by atoms with E-state index in [9.17, 15) is 13.2 Å². The lowest BCUT2D eigenvalue weighted by atomic mass is 9.77. The third-order valence-corrected chi connectivity index (χ3v) is 9.49. The smallest absolute Gasteiger partial charge is 0.251 e. The van der Waals surface area contributed by atoms with Gasteiger partial charge in [0.05, 0.1) is 4.90 Å². The van der Waals surface area contributed by atoms with E-state index in [1.807, 2.05) is 55.5 Å². The van der Waals surface area contributed by atoms with E-state index in [1.54, 1.807) is 12.1 Å². The van der Waals surface area contributed by atoms with E-state index in [0.717, 1.165) is 29.7 Å². The maximum atomic E-state index is 13.2. The number of carbonyl (C=O) groups is 1. The van der Waals surface area contributed by atoms with Gasteiger partial charge >= 0.3 is 0 Å². The number of carbonyl (C=O) groups excluding carboxylic acids is 1. The first-order valence-electron chi connectivity index (χ1n) is 13.4. The first-order valence-corrected chi connectivity index (χ1v) is 14.9. The van der Waals surface area contributed by atoms with Gasteiger partial charge in [0, 0.05) is 34.8 Å². The number of rotatable bonds is 8. The topological polar surface area (TPSA) is 87.3 Å². The summed E-state index contributed by atoms with van der Waals surface area (Å²) in [6.45, 7) is 8.95. The molecule has 3 aromatic rings. The minimum atomic E-state index is -3.66. The molecule has 200 valence electrons. The molecule has 38 heavy (non-hydrogen) atoms. The maximum absolute atomic E-state index is 13.2. The molecule has 7 heteroatoms. The first kappa shape index (κ1) is 26.4. The molecule has 2 unspecified atom stereocenters. The SMILES string of the molecule is CCc1ccc(S(=O)(=O)NC2CC23CC(C)(C)Nc2ccc(C(=O)NC[C@@H](C)c4ccccc4)cc23)cc1. The molecule has 3 aromatic carbocycles. The Morgan fingerprint density at radius 1 is 1.05 bits per heavy atom. The van der Waals surface area contributed by atoms with Gasteiger partial charge in [-0.15, -0.1) is 0 Å². The molecule has 1 amide bonds. The Bertz CT molecular complexity index is 1430. The molecule has 5 rings (SSSR count). The zero-order valence-electron chi connectivity index (χ0n) is 22.5. The van der Waals surface area contributed by atoms with Gasteiger partial charge in [-0.25, -0.2) is 13.1 Å². The quantitative estimate of drug-likeness (QED) is 0.365. The fourth-order valence-electron chi connectivity index (χ4n) is 5.86. The van der Waals surface area contributed by atoms with Gasteiger partial charge in [-0.05, 0) is 86.1 Å². The van der Waals surface area contributed by atoms with Gasteiger partial charge in [0.1, 0.15) is 0 Å². The molecule has 1 aliphatic heterocycles. The van der Waals surface area contributed by atoms with Gasteiger partial charge in [0.2, 0.25) is 10.0 Å². The minimum absolute atomic E-state index is 0.121. The predicted octanol–water partition coefficient (Wildman–Crippen LogP) is 5.37. The van der Waals surface area contributed by atoms with Crippen LogP contribution in [-0.2, 0) is 21.9 Å². The van der Waals surface area contributed by atoms with Crippen LogP contribution in [0.2, 0.25) is 0 Å². The van der Waals surface area contributed by atoms with E-state index in [2.05, 4.69) is 48.3 Å². The summed E-state index contributed by atoms with van der Waals surface area (Å²) in [7, 11) is -3.66. The molecule has 0 saturated heterocycles. The molecule has 1 saturated carbocycles. The van der Waals surface area contributed by atoms with Crippen molar-refractivity contribution in [2.45, 2.75) is 74.8 Å². The summed E-state index contributed by atoms with van der Waals surface area (Å²) in [4.78, 5) is 13.4. The molecule has 1 aliphatic carbocycles. The average Bonchev–Trinajstić information content (AvgIpc) is 3.56. The van der Waals surface area contributed by atoms with Gasteiger partial charge in [0.15, 0.2) is 0 Å². The number of hydrogen-bond donors (Lipinski definition) is 3. The number of fused-ring (bicyclic) bond motifs is 2. The number of aryl methyl sites for hydroxylation is 1. The number of sulfonamides is 1. The highest BCUT2D eigenvalue weighted by Gasteiger charge is 2.61. The number of benzene rings is 3. The Balaban J connectivity index is 1.36. The molecule has 2 aliphatic rings. The maximum Gasteiger partial charge on any atom is 0.251 e. The summed E-state index contributed by atoms with van der Waals surface area (Å²) in [5.41, 5.74) is 4.29. The lowest BCUT2D eigenvalue weighted by molar-refractivity contribution is 0.0951. The van der Waals surface area contributed by atoms with Crippen molar-refractivity contribution < 1.29 is 13.2 Å². The molecule has 1 heterocycles. The number of amides is 1.